The largest absolute Gasteiger partial charge is 0.395 e. The average Bonchev–Trinajstić information content (AvgIpc) is 2.99. The quantitative estimate of drug-likeness (QED) is 0.929. The minimum Gasteiger partial charge on any atom is -0.395 e. The molecule has 1 aliphatic rings. The van der Waals surface area contributed by atoms with Gasteiger partial charge in [-0.3, -0.25) is 4.90 Å². The number of β-amino-alcohol motifs (C(OH)–C–C–N with tert-alkyl or cyclic N) is 1. The van der Waals surface area contributed by atoms with Gasteiger partial charge in [0.25, 0.3) is 0 Å². The zero-order valence-electron chi connectivity index (χ0n) is 11.5. The maximum absolute atomic E-state index is 9.18. The number of aliphatic hydroxyl groups is 1. The predicted molar refractivity (Wildman–Crippen MR) is 77.2 cm³/mol. The SMILES string of the molecule is OCCN1CCCCC1c1cc(-c2ccccc2)on1. The summed E-state index contributed by atoms with van der Waals surface area (Å²) in [6, 6.07) is 12.3. The van der Waals surface area contributed by atoms with Gasteiger partial charge >= 0.3 is 0 Å². The van der Waals surface area contributed by atoms with Crippen LogP contribution in [0, 0.1) is 0 Å². The van der Waals surface area contributed by atoms with Crippen molar-refractivity contribution < 1.29 is 9.63 Å². The summed E-state index contributed by atoms with van der Waals surface area (Å²) >= 11 is 0. The van der Waals surface area contributed by atoms with Crippen LogP contribution in [0.4, 0.5) is 0 Å². The summed E-state index contributed by atoms with van der Waals surface area (Å²) in [5.74, 6) is 0.815. The molecule has 2 heterocycles. The summed E-state index contributed by atoms with van der Waals surface area (Å²) < 4.78 is 5.49. The second-order valence-electron chi connectivity index (χ2n) is 5.25. The van der Waals surface area contributed by atoms with Gasteiger partial charge in [0.15, 0.2) is 5.76 Å². The molecule has 0 saturated carbocycles. The van der Waals surface area contributed by atoms with Crippen molar-refractivity contribution in [2.45, 2.75) is 25.3 Å². The van der Waals surface area contributed by atoms with Gasteiger partial charge in [-0.05, 0) is 19.4 Å². The Morgan fingerprint density at radius 3 is 2.90 bits per heavy atom. The first-order valence-electron chi connectivity index (χ1n) is 7.25. The van der Waals surface area contributed by atoms with E-state index >= 15 is 0 Å². The summed E-state index contributed by atoms with van der Waals surface area (Å²) in [5.41, 5.74) is 2.03. The van der Waals surface area contributed by atoms with Crippen LogP contribution in [0.3, 0.4) is 0 Å². The molecule has 0 bridgehead atoms. The highest BCUT2D eigenvalue weighted by Gasteiger charge is 2.26. The number of hydrogen-bond acceptors (Lipinski definition) is 4. The van der Waals surface area contributed by atoms with Crippen LogP contribution in [0.5, 0.6) is 0 Å². The fourth-order valence-electron chi connectivity index (χ4n) is 2.91. The van der Waals surface area contributed by atoms with Gasteiger partial charge in [-0.2, -0.15) is 0 Å². The van der Waals surface area contributed by atoms with Crippen LogP contribution in [-0.4, -0.2) is 34.9 Å². The van der Waals surface area contributed by atoms with Gasteiger partial charge in [-0.1, -0.05) is 41.9 Å². The Kier molecular flexibility index (Phi) is 4.14. The maximum atomic E-state index is 9.18. The van der Waals surface area contributed by atoms with Crippen molar-refractivity contribution >= 4 is 0 Å². The van der Waals surface area contributed by atoms with Gasteiger partial charge in [0, 0.05) is 18.2 Å². The minimum atomic E-state index is 0.194. The molecule has 0 radical (unpaired) electrons. The van der Waals surface area contributed by atoms with Crippen molar-refractivity contribution in [3.05, 3.63) is 42.1 Å². The average molecular weight is 272 g/mol. The number of aliphatic hydroxyl groups excluding tert-OH is 1. The summed E-state index contributed by atoms with van der Waals surface area (Å²) in [4.78, 5) is 2.30. The van der Waals surface area contributed by atoms with Crippen LogP contribution >= 0.6 is 0 Å². The Bertz CT molecular complexity index is 536. The van der Waals surface area contributed by atoms with E-state index in [1.807, 2.05) is 36.4 Å². The van der Waals surface area contributed by atoms with Gasteiger partial charge in [-0.25, -0.2) is 0 Å². The molecule has 106 valence electrons. The van der Waals surface area contributed by atoms with E-state index in [9.17, 15) is 5.11 Å². The van der Waals surface area contributed by atoms with Crippen molar-refractivity contribution in [2.24, 2.45) is 0 Å². The third kappa shape index (κ3) is 2.76. The number of rotatable bonds is 4. The molecule has 1 unspecified atom stereocenters. The molecule has 20 heavy (non-hydrogen) atoms. The first kappa shape index (κ1) is 13.3. The molecular weight excluding hydrogens is 252 g/mol. The van der Waals surface area contributed by atoms with Gasteiger partial charge in [0.2, 0.25) is 0 Å². The van der Waals surface area contributed by atoms with E-state index in [0.717, 1.165) is 30.0 Å². The molecule has 2 aromatic rings. The molecule has 4 heteroatoms. The maximum Gasteiger partial charge on any atom is 0.167 e. The standard InChI is InChI=1S/C16H20N2O2/c19-11-10-18-9-5-4-8-15(18)14-12-16(20-17-14)13-6-2-1-3-7-13/h1-3,6-7,12,15,19H,4-5,8-11H2. The van der Waals surface area contributed by atoms with Crippen LogP contribution in [0.1, 0.15) is 31.0 Å². The molecule has 0 aliphatic carbocycles. The van der Waals surface area contributed by atoms with Crippen LogP contribution in [-0.2, 0) is 0 Å². The lowest BCUT2D eigenvalue weighted by atomic mass is 9.99. The van der Waals surface area contributed by atoms with E-state index in [1.54, 1.807) is 0 Å². The van der Waals surface area contributed by atoms with Gasteiger partial charge in [-0.15, -0.1) is 0 Å². The van der Waals surface area contributed by atoms with Crippen LogP contribution in [0.2, 0.25) is 0 Å². The monoisotopic (exact) mass is 272 g/mol. The molecule has 1 fully saturated rings. The van der Waals surface area contributed by atoms with Crippen LogP contribution in [0.15, 0.2) is 40.9 Å². The molecular formula is C16H20N2O2. The zero-order chi connectivity index (χ0) is 13.8. The Labute approximate surface area is 119 Å². The third-order valence-corrected chi connectivity index (χ3v) is 3.93. The number of likely N-dealkylation sites (tertiary alicyclic amines) is 1. The molecule has 1 aromatic carbocycles. The molecule has 3 rings (SSSR count). The number of piperidine rings is 1. The smallest absolute Gasteiger partial charge is 0.167 e. The molecule has 1 atom stereocenters. The van der Waals surface area contributed by atoms with Crippen molar-refractivity contribution in [3.8, 4) is 11.3 Å². The Balaban J connectivity index is 1.81. The highest BCUT2D eigenvalue weighted by Crippen LogP contribution is 2.32. The van der Waals surface area contributed by atoms with Gasteiger partial charge in [0.05, 0.1) is 12.6 Å². The highest BCUT2D eigenvalue weighted by molar-refractivity contribution is 5.57. The predicted octanol–water partition coefficient (Wildman–Crippen LogP) is 2.86. The van der Waals surface area contributed by atoms with E-state index < -0.39 is 0 Å². The van der Waals surface area contributed by atoms with E-state index in [2.05, 4.69) is 10.1 Å². The van der Waals surface area contributed by atoms with E-state index in [4.69, 9.17) is 4.52 Å². The molecule has 1 aromatic heterocycles. The first-order chi connectivity index (χ1) is 9.88. The van der Waals surface area contributed by atoms with Gasteiger partial charge < -0.3 is 9.63 Å². The lowest BCUT2D eigenvalue weighted by Gasteiger charge is -2.33. The fourth-order valence-corrected chi connectivity index (χ4v) is 2.91. The Morgan fingerprint density at radius 2 is 2.10 bits per heavy atom. The fraction of sp³-hybridized carbons (Fsp3) is 0.438. The zero-order valence-corrected chi connectivity index (χ0v) is 11.5. The molecule has 1 N–H and O–H groups in total. The number of aromatic nitrogens is 1. The second-order valence-corrected chi connectivity index (χ2v) is 5.25. The Hall–Kier alpha value is -1.65. The molecule has 1 aliphatic heterocycles. The summed E-state index contributed by atoms with van der Waals surface area (Å²) in [6.07, 6.45) is 3.49. The molecule has 0 amide bonds. The molecule has 1 saturated heterocycles. The topological polar surface area (TPSA) is 49.5 Å². The van der Waals surface area contributed by atoms with Crippen LogP contribution < -0.4 is 0 Å². The lowest BCUT2D eigenvalue weighted by molar-refractivity contribution is 0.112. The normalized spacial score (nSPS) is 20.1. The van der Waals surface area contributed by atoms with E-state index in [1.165, 1.54) is 12.8 Å². The van der Waals surface area contributed by atoms with E-state index in [0.29, 0.717) is 6.54 Å². The second kappa shape index (κ2) is 6.20. The number of benzene rings is 1. The molecule has 4 nitrogen and oxygen atoms in total. The minimum absolute atomic E-state index is 0.194. The third-order valence-electron chi connectivity index (χ3n) is 3.93. The summed E-state index contributed by atoms with van der Waals surface area (Å²) in [6.45, 7) is 1.93. The number of nitrogens with zero attached hydrogens (tertiary/aromatic N) is 2. The van der Waals surface area contributed by atoms with E-state index in [-0.39, 0.29) is 12.6 Å². The van der Waals surface area contributed by atoms with Crippen molar-refractivity contribution in [2.75, 3.05) is 19.7 Å². The van der Waals surface area contributed by atoms with Crippen LogP contribution in [0.25, 0.3) is 11.3 Å². The Morgan fingerprint density at radius 1 is 1.25 bits per heavy atom. The summed E-state index contributed by atoms with van der Waals surface area (Å²) in [7, 11) is 0. The molecule has 0 spiro atoms. The first-order valence-corrected chi connectivity index (χ1v) is 7.25. The van der Waals surface area contributed by atoms with Crippen molar-refractivity contribution in [3.63, 3.8) is 0 Å². The number of hydrogen-bond donors (Lipinski definition) is 1. The van der Waals surface area contributed by atoms with Gasteiger partial charge in [0.1, 0.15) is 5.69 Å². The highest BCUT2D eigenvalue weighted by atomic mass is 16.5. The van der Waals surface area contributed by atoms with Crippen molar-refractivity contribution in [1.29, 1.82) is 0 Å². The van der Waals surface area contributed by atoms with Crippen molar-refractivity contribution in [1.82, 2.24) is 10.1 Å². The lowest BCUT2D eigenvalue weighted by Crippen LogP contribution is -2.35. The summed E-state index contributed by atoms with van der Waals surface area (Å²) in [5, 5.41) is 13.4.